The zero-order chi connectivity index (χ0) is 13.1. The van der Waals surface area contributed by atoms with Crippen LogP contribution in [0.2, 0.25) is 10.0 Å². The van der Waals surface area contributed by atoms with Crippen molar-refractivity contribution < 1.29 is 18.7 Å². The average Bonchev–Trinajstić information content (AvgIpc) is 2.30. The third-order valence-corrected chi connectivity index (χ3v) is 2.75. The molecule has 1 amide bonds. The molecule has 3 nitrogen and oxygen atoms in total. The van der Waals surface area contributed by atoms with Gasteiger partial charge in [0.1, 0.15) is 6.61 Å². The van der Waals surface area contributed by atoms with Gasteiger partial charge in [-0.15, -0.1) is 0 Å². The first-order chi connectivity index (χ1) is 7.87. The number of hydrogen-bond donors (Lipinski definition) is 2. The van der Waals surface area contributed by atoms with Gasteiger partial charge in [-0.3, -0.25) is 4.79 Å². The second-order valence-corrected chi connectivity index (χ2v) is 4.08. The van der Waals surface area contributed by atoms with Crippen molar-refractivity contribution in [2.45, 2.75) is 5.92 Å². The van der Waals surface area contributed by atoms with E-state index in [1.165, 1.54) is 18.2 Å². The van der Waals surface area contributed by atoms with Crippen LogP contribution in [-0.2, 0) is 0 Å². The summed E-state index contributed by atoms with van der Waals surface area (Å²) in [5, 5.41) is 10.5. The molecule has 0 bridgehead atoms. The lowest BCUT2D eigenvalue weighted by atomic mass is 10.2. The third kappa shape index (κ3) is 3.80. The molecule has 7 heteroatoms. The van der Waals surface area contributed by atoms with Crippen molar-refractivity contribution in [1.82, 2.24) is 5.32 Å². The van der Waals surface area contributed by atoms with Crippen molar-refractivity contribution in [3.8, 4) is 0 Å². The molecule has 0 spiro atoms. The Hall–Kier alpha value is -0.910. The van der Waals surface area contributed by atoms with Crippen LogP contribution in [0.25, 0.3) is 0 Å². The summed E-state index contributed by atoms with van der Waals surface area (Å²) in [6, 6.07) is 4.32. The van der Waals surface area contributed by atoms with E-state index in [2.05, 4.69) is 0 Å². The highest BCUT2D eigenvalue weighted by atomic mass is 35.5. The average molecular weight is 284 g/mol. The van der Waals surface area contributed by atoms with Crippen molar-refractivity contribution in [2.75, 3.05) is 13.2 Å². The van der Waals surface area contributed by atoms with Crippen molar-refractivity contribution in [3.63, 3.8) is 0 Å². The van der Waals surface area contributed by atoms with Crippen molar-refractivity contribution in [1.29, 1.82) is 0 Å². The topological polar surface area (TPSA) is 49.3 Å². The van der Waals surface area contributed by atoms with E-state index in [0.717, 1.165) is 0 Å². The number of amides is 1. The summed E-state index contributed by atoms with van der Waals surface area (Å²) >= 11 is 11.4. The summed E-state index contributed by atoms with van der Waals surface area (Å²) in [7, 11) is 0. The number of carbonyl (C=O) groups excluding carboxylic acids is 1. The monoisotopic (exact) mass is 283 g/mol. The Morgan fingerprint density at radius 2 is 2.06 bits per heavy atom. The Bertz CT molecular complexity index is 427. The summed E-state index contributed by atoms with van der Waals surface area (Å²) in [6.45, 7) is -2.30. The minimum Gasteiger partial charge on any atom is -0.390 e. The number of halogens is 4. The molecule has 1 rings (SSSR count). The number of aliphatic hydroxyl groups is 1. The van der Waals surface area contributed by atoms with Gasteiger partial charge in [-0.1, -0.05) is 29.3 Å². The minimum atomic E-state index is -3.36. The normalized spacial score (nSPS) is 11.4. The van der Waals surface area contributed by atoms with E-state index in [4.69, 9.17) is 28.3 Å². The van der Waals surface area contributed by atoms with E-state index in [1.807, 2.05) is 5.32 Å². The van der Waals surface area contributed by atoms with Crippen LogP contribution in [0.4, 0.5) is 8.78 Å². The van der Waals surface area contributed by atoms with Gasteiger partial charge < -0.3 is 10.4 Å². The fraction of sp³-hybridized carbons (Fsp3) is 0.300. The highest BCUT2D eigenvalue weighted by Crippen LogP contribution is 2.25. The Morgan fingerprint density at radius 1 is 1.41 bits per heavy atom. The predicted molar refractivity (Wildman–Crippen MR) is 60.8 cm³/mol. The van der Waals surface area contributed by atoms with Crippen LogP contribution in [0.1, 0.15) is 10.4 Å². The number of rotatable bonds is 4. The summed E-state index contributed by atoms with van der Waals surface area (Å²) in [4.78, 5) is 11.5. The Morgan fingerprint density at radius 3 is 2.65 bits per heavy atom. The van der Waals surface area contributed by atoms with Crippen LogP contribution in [0.15, 0.2) is 18.2 Å². The zero-order valence-electron chi connectivity index (χ0n) is 8.51. The molecule has 0 fully saturated rings. The first-order valence-corrected chi connectivity index (χ1v) is 5.34. The lowest BCUT2D eigenvalue weighted by Crippen LogP contribution is -2.39. The second-order valence-electron chi connectivity index (χ2n) is 3.30. The van der Waals surface area contributed by atoms with Gasteiger partial charge in [0.05, 0.1) is 22.2 Å². The highest BCUT2D eigenvalue weighted by Gasteiger charge is 2.28. The number of aliphatic hydroxyl groups excluding tert-OH is 1. The van der Waals surface area contributed by atoms with Gasteiger partial charge in [0.25, 0.3) is 11.8 Å². The largest absolute Gasteiger partial charge is 0.390 e. The number of carbonyl (C=O) groups is 1. The smallest absolute Gasteiger partial charge is 0.287 e. The molecule has 0 aromatic heterocycles. The molecular weight excluding hydrogens is 275 g/mol. The predicted octanol–water partition coefficient (Wildman–Crippen LogP) is 2.35. The maximum Gasteiger partial charge on any atom is 0.287 e. The van der Waals surface area contributed by atoms with E-state index >= 15 is 0 Å². The van der Waals surface area contributed by atoms with Crippen LogP contribution in [-0.4, -0.2) is 30.1 Å². The first-order valence-electron chi connectivity index (χ1n) is 4.58. The van der Waals surface area contributed by atoms with E-state index < -0.39 is 25.0 Å². The third-order valence-electron chi connectivity index (χ3n) is 1.94. The highest BCUT2D eigenvalue weighted by molar-refractivity contribution is 6.43. The Balaban J connectivity index is 2.74. The lowest BCUT2D eigenvalue weighted by molar-refractivity contribution is -0.0462. The second kappa shape index (κ2) is 5.62. The summed E-state index contributed by atoms with van der Waals surface area (Å²) < 4.78 is 25.4. The molecule has 0 radical (unpaired) electrons. The zero-order valence-corrected chi connectivity index (χ0v) is 10.0. The van der Waals surface area contributed by atoms with E-state index in [-0.39, 0.29) is 15.6 Å². The van der Waals surface area contributed by atoms with Gasteiger partial charge in [-0.05, 0) is 12.1 Å². The fourth-order valence-corrected chi connectivity index (χ4v) is 1.43. The number of alkyl halides is 2. The lowest BCUT2D eigenvalue weighted by Gasteiger charge is -2.14. The van der Waals surface area contributed by atoms with Crippen LogP contribution in [0.5, 0.6) is 0 Å². The summed E-state index contributed by atoms with van der Waals surface area (Å²) in [5.41, 5.74) is 0.00732. The van der Waals surface area contributed by atoms with Crippen LogP contribution in [0.3, 0.4) is 0 Å². The molecule has 0 heterocycles. The molecule has 0 saturated heterocycles. The summed E-state index contributed by atoms with van der Waals surface area (Å²) in [5.74, 6) is -4.13. The van der Waals surface area contributed by atoms with Gasteiger partial charge in [0.2, 0.25) is 0 Å². The first kappa shape index (κ1) is 14.2. The van der Waals surface area contributed by atoms with E-state index in [0.29, 0.717) is 0 Å². The maximum atomic E-state index is 12.7. The minimum absolute atomic E-state index is 0.000943. The number of hydrogen-bond acceptors (Lipinski definition) is 2. The van der Waals surface area contributed by atoms with Gasteiger partial charge >= 0.3 is 0 Å². The SMILES string of the molecule is O=C(NCC(F)(F)CO)c1cccc(Cl)c1Cl. The number of nitrogens with one attached hydrogen (secondary N) is 1. The van der Waals surface area contributed by atoms with Gasteiger partial charge in [-0.2, -0.15) is 0 Å². The quantitative estimate of drug-likeness (QED) is 0.891. The molecule has 0 unspecified atom stereocenters. The molecule has 1 aromatic carbocycles. The van der Waals surface area contributed by atoms with Crippen LogP contribution >= 0.6 is 23.2 Å². The van der Waals surface area contributed by atoms with Crippen molar-refractivity contribution >= 4 is 29.1 Å². The van der Waals surface area contributed by atoms with Crippen LogP contribution in [0, 0.1) is 0 Å². The molecule has 0 atom stereocenters. The molecule has 17 heavy (non-hydrogen) atoms. The molecule has 0 aliphatic rings. The maximum absolute atomic E-state index is 12.7. The van der Waals surface area contributed by atoms with E-state index in [9.17, 15) is 13.6 Å². The van der Waals surface area contributed by atoms with Gasteiger partial charge in [0.15, 0.2) is 0 Å². The van der Waals surface area contributed by atoms with Gasteiger partial charge in [0, 0.05) is 0 Å². The molecule has 1 aromatic rings. The van der Waals surface area contributed by atoms with Gasteiger partial charge in [-0.25, -0.2) is 8.78 Å². The van der Waals surface area contributed by atoms with E-state index in [1.54, 1.807) is 0 Å². The molecular formula is C10H9Cl2F2NO2. The molecule has 0 saturated carbocycles. The molecule has 0 aliphatic carbocycles. The summed E-state index contributed by atoms with van der Waals surface area (Å²) in [6.07, 6.45) is 0. The Labute approximate surface area is 106 Å². The molecule has 0 aliphatic heterocycles. The molecule has 2 N–H and O–H groups in total. The molecule has 94 valence electrons. The Kier molecular flexibility index (Phi) is 4.68. The van der Waals surface area contributed by atoms with Crippen LogP contribution < -0.4 is 5.32 Å². The van der Waals surface area contributed by atoms with Crippen molar-refractivity contribution in [3.05, 3.63) is 33.8 Å². The standard InChI is InChI=1S/C10H9Cl2F2NO2/c11-7-3-1-2-6(8(7)12)9(17)15-4-10(13,14)5-16/h1-3,16H,4-5H2,(H,15,17). The van der Waals surface area contributed by atoms with Crippen molar-refractivity contribution in [2.24, 2.45) is 0 Å². The number of benzene rings is 1. The fourth-order valence-electron chi connectivity index (χ4n) is 1.04.